The number of carbonyl (C=O) groups is 1. The monoisotopic (exact) mass is 382 g/mol. The Labute approximate surface area is 159 Å². The number of H-pyrrole nitrogens is 1. The molecule has 1 saturated heterocycles. The largest absolute Gasteiger partial charge is 0.353 e. The number of carbonyl (C=O) groups excluding carboxylic acids is 1. The molecule has 0 aliphatic carbocycles. The van der Waals surface area contributed by atoms with Gasteiger partial charge in [-0.1, -0.05) is 29.8 Å². The fourth-order valence-corrected chi connectivity index (χ4v) is 3.37. The standard InChI is InChI=1S/C18H23ClN4O.ClH/c1-22(2)18(24)16-8-7-13(21-16)12-23-10-9-20-11-17(23)14-5-3-4-6-15(14)19;/h3-8,17,20-21H,9-12H2,1-2H3;1H. The van der Waals surface area contributed by atoms with E-state index < -0.39 is 0 Å². The van der Waals surface area contributed by atoms with Gasteiger partial charge in [-0.3, -0.25) is 9.69 Å². The summed E-state index contributed by atoms with van der Waals surface area (Å²) in [7, 11) is 3.51. The van der Waals surface area contributed by atoms with E-state index in [1.54, 1.807) is 19.0 Å². The Kier molecular flexibility index (Phi) is 6.90. The summed E-state index contributed by atoms with van der Waals surface area (Å²) in [6.07, 6.45) is 0. The zero-order chi connectivity index (χ0) is 17.1. The summed E-state index contributed by atoms with van der Waals surface area (Å²) in [5.74, 6) is -0.00999. The van der Waals surface area contributed by atoms with Crippen LogP contribution in [0.5, 0.6) is 0 Å². The molecule has 25 heavy (non-hydrogen) atoms. The number of piperazine rings is 1. The topological polar surface area (TPSA) is 51.4 Å². The van der Waals surface area contributed by atoms with Crippen molar-refractivity contribution in [3.63, 3.8) is 0 Å². The lowest BCUT2D eigenvalue weighted by Gasteiger charge is -2.36. The average molecular weight is 383 g/mol. The predicted octanol–water partition coefficient (Wildman–Crippen LogP) is 2.94. The number of amides is 1. The van der Waals surface area contributed by atoms with E-state index in [0.717, 1.165) is 42.5 Å². The first-order valence-corrected chi connectivity index (χ1v) is 8.53. The van der Waals surface area contributed by atoms with E-state index in [2.05, 4.69) is 21.3 Å². The van der Waals surface area contributed by atoms with Crippen LogP contribution in [0, 0.1) is 0 Å². The van der Waals surface area contributed by atoms with Gasteiger partial charge in [0.05, 0.1) is 0 Å². The molecule has 1 fully saturated rings. The highest BCUT2D eigenvalue weighted by atomic mass is 35.5. The number of nitrogens with one attached hydrogen (secondary N) is 2. The number of benzene rings is 1. The van der Waals surface area contributed by atoms with Crippen molar-refractivity contribution in [1.82, 2.24) is 20.1 Å². The number of aromatic amines is 1. The summed E-state index contributed by atoms with van der Waals surface area (Å²) < 4.78 is 0. The summed E-state index contributed by atoms with van der Waals surface area (Å²) in [6.45, 7) is 3.52. The number of nitrogens with zero attached hydrogens (tertiary/aromatic N) is 2. The van der Waals surface area contributed by atoms with Crippen LogP contribution in [-0.4, -0.2) is 54.4 Å². The molecule has 0 saturated carbocycles. The predicted molar refractivity (Wildman–Crippen MR) is 104 cm³/mol. The quantitative estimate of drug-likeness (QED) is 0.854. The second-order valence-electron chi connectivity index (χ2n) is 6.31. The van der Waals surface area contributed by atoms with Gasteiger partial charge >= 0.3 is 0 Å². The fraction of sp³-hybridized carbons (Fsp3) is 0.389. The van der Waals surface area contributed by atoms with Gasteiger partial charge in [0.25, 0.3) is 5.91 Å². The van der Waals surface area contributed by atoms with E-state index in [-0.39, 0.29) is 24.4 Å². The molecule has 7 heteroatoms. The van der Waals surface area contributed by atoms with Crippen LogP contribution in [0.25, 0.3) is 0 Å². The van der Waals surface area contributed by atoms with Crippen molar-refractivity contribution < 1.29 is 4.79 Å². The van der Waals surface area contributed by atoms with Gasteiger partial charge in [-0.25, -0.2) is 0 Å². The number of halogens is 2. The first kappa shape index (κ1) is 19.8. The minimum Gasteiger partial charge on any atom is -0.353 e. The molecule has 3 rings (SSSR count). The van der Waals surface area contributed by atoms with Crippen molar-refractivity contribution >= 4 is 29.9 Å². The van der Waals surface area contributed by atoms with Crippen LogP contribution in [0.3, 0.4) is 0 Å². The van der Waals surface area contributed by atoms with E-state index in [1.807, 2.05) is 30.3 Å². The van der Waals surface area contributed by atoms with E-state index in [4.69, 9.17) is 11.6 Å². The third-order valence-electron chi connectivity index (χ3n) is 4.37. The van der Waals surface area contributed by atoms with Gasteiger partial charge in [0.15, 0.2) is 0 Å². The second kappa shape index (κ2) is 8.72. The van der Waals surface area contributed by atoms with Crippen LogP contribution in [0.1, 0.15) is 27.8 Å². The first-order chi connectivity index (χ1) is 11.6. The van der Waals surface area contributed by atoms with Gasteiger partial charge in [-0.05, 0) is 23.8 Å². The van der Waals surface area contributed by atoms with Gasteiger partial charge < -0.3 is 15.2 Å². The maximum Gasteiger partial charge on any atom is 0.269 e. The van der Waals surface area contributed by atoms with Gasteiger partial charge in [0.2, 0.25) is 0 Å². The van der Waals surface area contributed by atoms with Crippen LogP contribution in [0.2, 0.25) is 5.02 Å². The third kappa shape index (κ3) is 4.55. The zero-order valence-corrected chi connectivity index (χ0v) is 16.0. The molecular weight excluding hydrogens is 359 g/mol. The van der Waals surface area contributed by atoms with Crippen molar-refractivity contribution in [3.8, 4) is 0 Å². The van der Waals surface area contributed by atoms with Gasteiger partial charge in [-0.15, -0.1) is 12.4 Å². The lowest BCUT2D eigenvalue weighted by atomic mass is 10.0. The Morgan fingerprint density at radius 3 is 2.76 bits per heavy atom. The van der Waals surface area contributed by atoms with Crippen molar-refractivity contribution in [2.45, 2.75) is 12.6 Å². The molecular formula is C18H24Cl2N4O. The van der Waals surface area contributed by atoms with Crippen LogP contribution in [0.4, 0.5) is 0 Å². The maximum absolute atomic E-state index is 12.0. The minimum atomic E-state index is -0.00999. The second-order valence-corrected chi connectivity index (χ2v) is 6.72. The van der Waals surface area contributed by atoms with Crippen LogP contribution in [0.15, 0.2) is 36.4 Å². The molecule has 136 valence electrons. The molecule has 0 spiro atoms. The maximum atomic E-state index is 12.0. The number of hydrogen-bond acceptors (Lipinski definition) is 3. The fourth-order valence-electron chi connectivity index (χ4n) is 3.10. The first-order valence-electron chi connectivity index (χ1n) is 8.15. The highest BCUT2D eigenvalue weighted by Gasteiger charge is 2.26. The van der Waals surface area contributed by atoms with E-state index in [9.17, 15) is 4.79 Å². The Morgan fingerprint density at radius 2 is 2.04 bits per heavy atom. The highest BCUT2D eigenvalue weighted by Crippen LogP contribution is 2.29. The van der Waals surface area contributed by atoms with Crippen LogP contribution >= 0.6 is 24.0 Å². The summed E-state index contributed by atoms with van der Waals surface area (Å²) in [5.41, 5.74) is 2.81. The lowest BCUT2D eigenvalue weighted by molar-refractivity contribution is 0.0822. The molecule has 2 heterocycles. The molecule has 5 nitrogen and oxygen atoms in total. The van der Waals surface area contributed by atoms with Crippen molar-refractivity contribution in [2.24, 2.45) is 0 Å². The molecule has 1 atom stereocenters. The summed E-state index contributed by atoms with van der Waals surface area (Å²) >= 11 is 6.39. The van der Waals surface area contributed by atoms with Crippen LogP contribution in [-0.2, 0) is 6.54 Å². The van der Waals surface area contributed by atoms with Gasteiger partial charge in [0, 0.05) is 57.0 Å². The third-order valence-corrected chi connectivity index (χ3v) is 4.72. The SMILES string of the molecule is CN(C)C(=O)c1ccc(CN2CCNCC2c2ccccc2Cl)[nH]1.Cl. The van der Waals surface area contributed by atoms with E-state index in [0.29, 0.717) is 5.69 Å². The molecule has 1 aliphatic heterocycles. The zero-order valence-electron chi connectivity index (χ0n) is 14.5. The van der Waals surface area contributed by atoms with Crippen molar-refractivity contribution in [1.29, 1.82) is 0 Å². The average Bonchev–Trinajstić information content (AvgIpc) is 3.04. The number of hydrogen-bond donors (Lipinski definition) is 2. The Bertz CT molecular complexity index is 717. The molecule has 1 aromatic heterocycles. The smallest absolute Gasteiger partial charge is 0.269 e. The Balaban J connectivity index is 0.00000225. The molecule has 1 aliphatic rings. The van der Waals surface area contributed by atoms with Crippen molar-refractivity contribution in [3.05, 3.63) is 58.4 Å². The van der Waals surface area contributed by atoms with E-state index >= 15 is 0 Å². The summed E-state index contributed by atoms with van der Waals surface area (Å²) in [6, 6.07) is 12.1. The Hall–Kier alpha value is -1.53. The summed E-state index contributed by atoms with van der Waals surface area (Å²) in [4.78, 5) is 19.2. The molecule has 1 unspecified atom stereocenters. The number of aromatic nitrogens is 1. The molecule has 1 amide bonds. The molecule has 1 aromatic carbocycles. The molecule has 0 radical (unpaired) electrons. The lowest BCUT2D eigenvalue weighted by Crippen LogP contribution is -2.45. The molecule has 0 bridgehead atoms. The summed E-state index contributed by atoms with van der Waals surface area (Å²) in [5, 5.41) is 4.24. The van der Waals surface area contributed by atoms with E-state index in [1.165, 1.54) is 0 Å². The minimum absolute atomic E-state index is 0. The highest BCUT2D eigenvalue weighted by molar-refractivity contribution is 6.31. The van der Waals surface area contributed by atoms with Gasteiger partial charge in [0.1, 0.15) is 5.69 Å². The normalized spacial score (nSPS) is 17.8. The molecule has 2 N–H and O–H groups in total. The Morgan fingerprint density at radius 1 is 1.28 bits per heavy atom. The van der Waals surface area contributed by atoms with Gasteiger partial charge in [-0.2, -0.15) is 0 Å². The van der Waals surface area contributed by atoms with Crippen LogP contribution < -0.4 is 5.32 Å². The number of rotatable bonds is 4. The van der Waals surface area contributed by atoms with Crippen molar-refractivity contribution in [2.75, 3.05) is 33.7 Å². The molecule has 2 aromatic rings.